The summed E-state index contributed by atoms with van der Waals surface area (Å²) in [6.07, 6.45) is 0. The first-order valence-corrected chi connectivity index (χ1v) is 18.3. The van der Waals surface area contributed by atoms with Crippen LogP contribution in [0.1, 0.15) is 25.0 Å². The fraction of sp³-hybridized carbons (Fsp3) is 0.0612. The molecule has 0 bridgehead atoms. The lowest BCUT2D eigenvalue weighted by Crippen LogP contribution is -2.15. The molecule has 0 saturated carbocycles. The highest BCUT2D eigenvalue weighted by molar-refractivity contribution is 7.26. The monoisotopic (exact) mass is 652 g/mol. The van der Waals surface area contributed by atoms with E-state index in [4.69, 9.17) is 0 Å². The van der Waals surface area contributed by atoms with Crippen molar-refractivity contribution in [3.63, 3.8) is 0 Å². The summed E-state index contributed by atoms with van der Waals surface area (Å²) < 4.78 is 2.76. The number of hydrogen-bond acceptors (Lipinski definition) is 1. The Bertz CT molecular complexity index is 3010. The summed E-state index contributed by atoms with van der Waals surface area (Å²) in [6.45, 7) is 4.86. The van der Waals surface area contributed by atoms with E-state index in [1.165, 1.54) is 108 Å². The molecule has 0 N–H and O–H groups in total. The average Bonchev–Trinajstić information content (AvgIpc) is 3.66. The van der Waals surface area contributed by atoms with Crippen LogP contribution in [0.4, 0.5) is 0 Å². The molecule has 1 heterocycles. The second-order valence-electron chi connectivity index (χ2n) is 14.4. The van der Waals surface area contributed by atoms with Gasteiger partial charge in [0.15, 0.2) is 0 Å². The maximum absolute atomic E-state index is 2.51. The molecule has 9 aromatic carbocycles. The van der Waals surface area contributed by atoms with Gasteiger partial charge in [-0.05, 0) is 100 Å². The van der Waals surface area contributed by atoms with Gasteiger partial charge in [0.25, 0.3) is 0 Å². The first-order valence-electron chi connectivity index (χ1n) is 17.5. The molecule has 0 saturated heterocycles. The predicted octanol–water partition coefficient (Wildman–Crippen LogP) is 14.3. The van der Waals surface area contributed by atoms with E-state index in [2.05, 4.69) is 172 Å². The lowest BCUT2D eigenvalue weighted by atomic mass is 9.79. The number of rotatable bonds is 2. The van der Waals surface area contributed by atoms with Crippen molar-refractivity contribution in [3.05, 3.63) is 169 Å². The van der Waals surface area contributed by atoms with E-state index in [9.17, 15) is 0 Å². The smallest absolute Gasteiger partial charge is 0.0437 e. The summed E-state index contributed by atoms with van der Waals surface area (Å²) in [7, 11) is 0. The number of fused-ring (bicyclic) bond motifs is 13. The van der Waals surface area contributed by atoms with Crippen molar-refractivity contribution >= 4 is 74.6 Å². The van der Waals surface area contributed by atoms with Crippen LogP contribution in [0.25, 0.3) is 96.6 Å². The zero-order valence-electron chi connectivity index (χ0n) is 27.9. The highest BCUT2D eigenvalue weighted by Gasteiger charge is 2.39. The second kappa shape index (κ2) is 10.1. The summed E-state index contributed by atoms with van der Waals surface area (Å²) in [5.41, 5.74) is 10.6. The Morgan fingerprint density at radius 3 is 1.58 bits per heavy atom. The van der Waals surface area contributed by atoms with Crippen LogP contribution in [0.15, 0.2) is 158 Å². The van der Waals surface area contributed by atoms with Crippen molar-refractivity contribution in [2.75, 3.05) is 0 Å². The molecule has 1 heteroatoms. The molecule has 0 spiro atoms. The molecule has 1 aliphatic carbocycles. The molecule has 0 fully saturated rings. The lowest BCUT2D eigenvalue weighted by molar-refractivity contribution is 0.667. The maximum Gasteiger partial charge on any atom is 0.0437 e. The molecule has 1 aromatic heterocycles. The van der Waals surface area contributed by atoms with E-state index >= 15 is 0 Å². The number of hydrogen-bond donors (Lipinski definition) is 0. The minimum absolute atomic E-state index is 0.139. The first-order chi connectivity index (χ1) is 24.6. The van der Waals surface area contributed by atoms with Crippen molar-refractivity contribution in [2.24, 2.45) is 0 Å². The second-order valence-corrected chi connectivity index (χ2v) is 15.4. The zero-order valence-corrected chi connectivity index (χ0v) is 28.7. The van der Waals surface area contributed by atoms with Gasteiger partial charge in [-0.3, -0.25) is 0 Å². The summed E-state index contributed by atoms with van der Waals surface area (Å²) >= 11 is 1.94. The number of benzene rings is 9. The van der Waals surface area contributed by atoms with Gasteiger partial charge < -0.3 is 0 Å². The molecule has 0 radical (unpaired) electrons. The summed E-state index contributed by atoms with van der Waals surface area (Å²) in [6, 6.07) is 59.0. The standard InChI is InChI=1S/C49H32S/c1-49(2)41-26-25-32(28-40(41)45-37-19-9-10-20-38(37)48-46(47(45)49)39-21-11-12-22-42(39)50-48)44-35-17-7-5-15-33(35)43(34-16-6-8-18-36(34)44)31-24-23-29-13-3-4-14-30(29)27-31/h3-28H,1-2H3. The maximum atomic E-state index is 2.51. The van der Waals surface area contributed by atoms with Crippen molar-refractivity contribution in [1.82, 2.24) is 0 Å². The summed E-state index contributed by atoms with van der Waals surface area (Å²) in [5, 5.41) is 13.2. The fourth-order valence-corrected chi connectivity index (χ4v) is 10.5. The average molecular weight is 653 g/mol. The van der Waals surface area contributed by atoms with Gasteiger partial charge in [-0.2, -0.15) is 0 Å². The first kappa shape index (κ1) is 28.1. The van der Waals surface area contributed by atoms with Gasteiger partial charge in [0.05, 0.1) is 0 Å². The number of thiophene rings is 1. The molecule has 0 amide bonds. The van der Waals surface area contributed by atoms with E-state index in [-0.39, 0.29) is 5.41 Å². The third kappa shape index (κ3) is 3.71. The van der Waals surface area contributed by atoms with Crippen LogP contribution < -0.4 is 0 Å². The van der Waals surface area contributed by atoms with E-state index < -0.39 is 0 Å². The van der Waals surface area contributed by atoms with Crippen LogP contribution in [0.2, 0.25) is 0 Å². The Morgan fingerprint density at radius 2 is 0.920 bits per heavy atom. The van der Waals surface area contributed by atoms with Crippen LogP contribution >= 0.6 is 11.3 Å². The predicted molar refractivity (Wildman–Crippen MR) is 218 cm³/mol. The zero-order chi connectivity index (χ0) is 33.1. The Kier molecular flexibility index (Phi) is 5.70. The van der Waals surface area contributed by atoms with Gasteiger partial charge in [0.1, 0.15) is 0 Å². The molecule has 1 aliphatic rings. The fourth-order valence-electron chi connectivity index (χ4n) is 9.23. The molecule has 0 aliphatic heterocycles. The molecule has 0 atom stereocenters. The molecule has 234 valence electrons. The quantitative estimate of drug-likeness (QED) is 0.163. The van der Waals surface area contributed by atoms with Crippen molar-refractivity contribution < 1.29 is 0 Å². The van der Waals surface area contributed by atoms with Crippen LogP contribution in [0.5, 0.6) is 0 Å². The van der Waals surface area contributed by atoms with Crippen molar-refractivity contribution in [1.29, 1.82) is 0 Å². The van der Waals surface area contributed by atoms with Crippen LogP contribution in [0.3, 0.4) is 0 Å². The third-order valence-corrected chi connectivity index (χ3v) is 12.6. The topological polar surface area (TPSA) is 0 Å². The SMILES string of the molecule is CC1(C)c2ccc(-c3c4ccccc4c(-c4ccc5ccccc5c4)c4ccccc34)cc2-c2c1c1c3ccccc3sc1c1ccccc21. The third-order valence-electron chi connectivity index (χ3n) is 11.4. The Morgan fingerprint density at radius 1 is 0.420 bits per heavy atom. The van der Waals surface area contributed by atoms with E-state index in [1.54, 1.807) is 0 Å². The van der Waals surface area contributed by atoms with Crippen LogP contribution in [-0.2, 0) is 5.41 Å². The molecular formula is C49H32S. The van der Waals surface area contributed by atoms with E-state index in [0.717, 1.165) is 0 Å². The van der Waals surface area contributed by atoms with Crippen LogP contribution in [-0.4, -0.2) is 0 Å². The highest BCUT2D eigenvalue weighted by Crippen LogP contribution is 2.58. The molecule has 50 heavy (non-hydrogen) atoms. The van der Waals surface area contributed by atoms with Crippen LogP contribution in [0, 0.1) is 0 Å². The molecule has 10 aromatic rings. The Hall–Kier alpha value is -5.76. The minimum Gasteiger partial charge on any atom is -0.135 e. The molecular weight excluding hydrogens is 621 g/mol. The highest BCUT2D eigenvalue weighted by atomic mass is 32.1. The van der Waals surface area contributed by atoms with E-state index in [1.807, 2.05) is 11.3 Å². The van der Waals surface area contributed by atoms with Gasteiger partial charge in [-0.25, -0.2) is 0 Å². The van der Waals surface area contributed by atoms with E-state index in [0.29, 0.717) is 0 Å². The normalized spacial score (nSPS) is 13.6. The van der Waals surface area contributed by atoms with Gasteiger partial charge >= 0.3 is 0 Å². The van der Waals surface area contributed by atoms with Gasteiger partial charge in [0.2, 0.25) is 0 Å². The van der Waals surface area contributed by atoms with Gasteiger partial charge in [-0.15, -0.1) is 11.3 Å². The Labute approximate surface area is 294 Å². The lowest BCUT2D eigenvalue weighted by Gasteiger charge is -2.23. The van der Waals surface area contributed by atoms with Crippen molar-refractivity contribution in [2.45, 2.75) is 19.3 Å². The molecule has 0 unspecified atom stereocenters. The summed E-state index contributed by atoms with van der Waals surface area (Å²) in [4.78, 5) is 0. The minimum atomic E-state index is -0.139. The van der Waals surface area contributed by atoms with Gasteiger partial charge in [0, 0.05) is 31.0 Å². The molecule has 11 rings (SSSR count). The van der Waals surface area contributed by atoms with Gasteiger partial charge in [-0.1, -0.05) is 153 Å². The molecule has 0 nitrogen and oxygen atoms in total. The summed E-state index contributed by atoms with van der Waals surface area (Å²) in [5.74, 6) is 0. The largest absolute Gasteiger partial charge is 0.135 e. The Balaban J connectivity index is 1.23. The van der Waals surface area contributed by atoms with Crippen molar-refractivity contribution in [3.8, 4) is 33.4 Å².